The molecule has 3 aromatic heterocycles. The van der Waals surface area contributed by atoms with Gasteiger partial charge in [-0.15, -0.1) is 0 Å². The summed E-state index contributed by atoms with van der Waals surface area (Å²) in [5, 5.41) is 7.40. The number of furan rings is 1. The van der Waals surface area contributed by atoms with Gasteiger partial charge in [0.2, 0.25) is 0 Å². The first-order valence-electron chi connectivity index (χ1n) is 15.8. The predicted molar refractivity (Wildman–Crippen MR) is 187 cm³/mol. The van der Waals surface area contributed by atoms with Gasteiger partial charge in [-0.3, -0.25) is 0 Å². The van der Waals surface area contributed by atoms with Gasteiger partial charge in [-0.05, 0) is 65.7 Å². The van der Waals surface area contributed by atoms with Crippen LogP contribution in [0.1, 0.15) is 25.3 Å². The van der Waals surface area contributed by atoms with Crippen molar-refractivity contribution in [1.82, 2.24) is 9.05 Å². The summed E-state index contributed by atoms with van der Waals surface area (Å²) in [6.07, 6.45) is 3.50. The van der Waals surface area contributed by atoms with E-state index in [4.69, 9.17) is 4.42 Å². The summed E-state index contributed by atoms with van der Waals surface area (Å²) in [6.45, 7) is 2.30. The standard InChI is InChI=1S/C40H29BN2O/c1-2-3-11-25-20-21-27-26-12-4-7-17-33(26)43(36(27)24-25)41-31-15-6-8-18-34(31)42-35-23-22-29-28-13-5-9-19-37(28)44-40(29)38(35)30-14-10-16-32(41)39(30)42/h4-10,12-24H,2-3,11H2,1H3. The molecule has 0 bridgehead atoms. The molecule has 10 rings (SSSR count). The van der Waals surface area contributed by atoms with Crippen LogP contribution in [-0.2, 0) is 6.42 Å². The van der Waals surface area contributed by atoms with E-state index >= 15 is 0 Å². The van der Waals surface area contributed by atoms with E-state index in [2.05, 4.69) is 137 Å². The van der Waals surface area contributed by atoms with Gasteiger partial charge < -0.3 is 13.5 Å². The van der Waals surface area contributed by atoms with Crippen LogP contribution in [0.25, 0.3) is 71.2 Å². The van der Waals surface area contributed by atoms with E-state index in [1.165, 1.54) is 89.4 Å². The van der Waals surface area contributed by atoms with E-state index in [-0.39, 0.29) is 6.85 Å². The first-order chi connectivity index (χ1) is 21.8. The Morgan fingerprint density at radius 1 is 0.614 bits per heavy atom. The minimum atomic E-state index is 0.0294. The number of para-hydroxylation sites is 4. The molecule has 6 aromatic carbocycles. The number of benzene rings is 6. The maximum atomic E-state index is 6.62. The van der Waals surface area contributed by atoms with Crippen LogP contribution in [-0.4, -0.2) is 15.9 Å². The van der Waals surface area contributed by atoms with Crippen LogP contribution in [0.3, 0.4) is 0 Å². The van der Waals surface area contributed by atoms with Crippen molar-refractivity contribution in [3.05, 3.63) is 127 Å². The molecule has 0 saturated carbocycles. The summed E-state index contributed by atoms with van der Waals surface area (Å²) in [5.74, 6) is 0. The number of hydrogen-bond donors (Lipinski definition) is 0. The minimum absolute atomic E-state index is 0.0294. The quantitative estimate of drug-likeness (QED) is 0.196. The molecular weight excluding hydrogens is 535 g/mol. The highest BCUT2D eigenvalue weighted by Gasteiger charge is 2.36. The molecular formula is C40H29BN2O. The number of rotatable bonds is 4. The topological polar surface area (TPSA) is 23.0 Å². The molecule has 0 saturated heterocycles. The highest BCUT2D eigenvalue weighted by Crippen LogP contribution is 2.41. The van der Waals surface area contributed by atoms with Crippen molar-refractivity contribution in [3.8, 4) is 5.69 Å². The maximum Gasteiger partial charge on any atom is 0.332 e. The maximum absolute atomic E-state index is 6.62. The Kier molecular flexibility index (Phi) is 4.91. The van der Waals surface area contributed by atoms with Crippen molar-refractivity contribution in [3.63, 3.8) is 0 Å². The Morgan fingerprint density at radius 3 is 2.30 bits per heavy atom. The van der Waals surface area contributed by atoms with E-state index in [0.29, 0.717) is 0 Å². The number of aryl methyl sites for hydroxylation is 1. The van der Waals surface area contributed by atoms with Gasteiger partial charge in [0.05, 0.1) is 16.4 Å². The highest BCUT2D eigenvalue weighted by atomic mass is 16.3. The average molecular weight is 564 g/mol. The molecule has 0 amide bonds. The normalized spacial score (nSPS) is 12.9. The number of aromatic nitrogens is 2. The van der Waals surface area contributed by atoms with E-state index < -0.39 is 0 Å². The number of nitrogens with zero attached hydrogens (tertiary/aromatic N) is 2. The third-order valence-corrected chi connectivity index (χ3v) is 9.95. The molecule has 4 heterocycles. The largest absolute Gasteiger partial charge is 0.455 e. The molecule has 0 radical (unpaired) electrons. The Bertz CT molecular complexity index is 2620. The number of unbranched alkanes of at least 4 members (excludes halogenated alkanes) is 1. The first-order valence-corrected chi connectivity index (χ1v) is 15.8. The lowest BCUT2D eigenvalue weighted by atomic mass is 9.48. The fraction of sp³-hybridized carbons (Fsp3) is 0.100. The highest BCUT2D eigenvalue weighted by molar-refractivity contribution is 6.88. The van der Waals surface area contributed by atoms with Crippen LogP contribution in [0.5, 0.6) is 0 Å². The summed E-state index contributed by atoms with van der Waals surface area (Å²) in [5.41, 5.74) is 12.2. The summed E-state index contributed by atoms with van der Waals surface area (Å²) < 4.78 is 11.7. The zero-order valence-electron chi connectivity index (χ0n) is 24.5. The zero-order chi connectivity index (χ0) is 28.9. The van der Waals surface area contributed by atoms with Crippen molar-refractivity contribution in [1.29, 1.82) is 0 Å². The predicted octanol–water partition coefficient (Wildman–Crippen LogP) is 9.10. The van der Waals surface area contributed by atoms with E-state index in [9.17, 15) is 0 Å². The van der Waals surface area contributed by atoms with Gasteiger partial charge in [-0.1, -0.05) is 98.3 Å². The van der Waals surface area contributed by atoms with E-state index in [0.717, 1.165) is 17.6 Å². The van der Waals surface area contributed by atoms with Crippen molar-refractivity contribution in [2.45, 2.75) is 26.2 Å². The summed E-state index contributed by atoms with van der Waals surface area (Å²) in [4.78, 5) is 0. The van der Waals surface area contributed by atoms with Gasteiger partial charge in [0, 0.05) is 43.7 Å². The summed E-state index contributed by atoms with van der Waals surface area (Å²) in [7, 11) is 0. The smallest absolute Gasteiger partial charge is 0.332 e. The Hall–Kier alpha value is -5.22. The van der Waals surface area contributed by atoms with Crippen LogP contribution >= 0.6 is 0 Å². The molecule has 0 aliphatic carbocycles. The van der Waals surface area contributed by atoms with Gasteiger partial charge in [-0.25, -0.2) is 0 Å². The Balaban J connectivity index is 1.36. The number of fused-ring (bicyclic) bond motifs is 12. The molecule has 4 heteroatoms. The number of hydrogen-bond acceptors (Lipinski definition) is 1. The molecule has 3 nitrogen and oxygen atoms in total. The molecule has 44 heavy (non-hydrogen) atoms. The SMILES string of the molecule is CCCCc1ccc2c3ccccc3n(B3c4ccccc4-n4c5ccc6c7ccccc7oc6c5c5cccc3c54)c2c1. The van der Waals surface area contributed by atoms with Crippen molar-refractivity contribution < 1.29 is 4.42 Å². The molecule has 208 valence electrons. The summed E-state index contributed by atoms with van der Waals surface area (Å²) in [6, 6.07) is 44.8. The van der Waals surface area contributed by atoms with Crippen LogP contribution in [0, 0.1) is 0 Å². The van der Waals surface area contributed by atoms with Crippen LogP contribution in [0.2, 0.25) is 0 Å². The van der Waals surface area contributed by atoms with Gasteiger partial charge in [0.1, 0.15) is 11.2 Å². The van der Waals surface area contributed by atoms with Crippen LogP contribution in [0.4, 0.5) is 0 Å². The van der Waals surface area contributed by atoms with Crippen LogP contribution in [0.15, 0.2) is 126 Å². The third-order valence-electron chi connectivity index (χ3n) is 9.95. The Morgan fingerprint density at radius 2 is 1.36 bits per heavy atom. The zero-order valence-corrected chi connectivity index (χ0v) is 24.5. The van der Waals surface area contributed by atoms with Crippen molar-refractivity contribution in [2.24, 2.45) is 0 Å². The molecule has 0 unspecified atom stereocenters. The fourth-order valence-electron chi connectivity index (χ4n) is 8.06. The van der Waals surface area contributed by atoms with Gasteiger partial charge in [-0.2, -0.15) is 0 Å². The van der Waals surface area contributed by atoms with Gasteiger partial charge in [0.25, 0.3) is 0 Å². The second-order valence-corrected chi connectivity index (χ2v) is 12.3. The molecule has 1 aliphatic heterocycles. The van der Waals surface area contributed by atoms with Crippen molar-refractivity contribution >= 4 is 83.3 Å². The molecule has 0 atom stereocenters. The fourth-order valence-corrected chi connectivity index (χ4v) is 8.06. The van der Waals surface area contributed by atoms with Gasteiger partial charge in [0.15, 0.2) is 0 Å². The Labute approximate surface area is 255 Å². The van der Waals surface area contributed by atoms with Crippen molar-refractivity contribution in [2.75, 3.05) is 0 Å². The van der Waals surface area contributed by atoms with E-state index in [1.807, 2.05) is 0 Å². The van der Waals surface area contributed by atoms with Gasteiger partial charge >= 0.3 is 6.85 Å². The molecule has 0 spiro atoms. The average Bonchev–Trinajstić information content (AvgIpc) is 3.73. The molecule has 0 N–H and O–H groups in total. The lowest BCUT2D eigenvalue weighted by Gasteiger charge is -2.28. The molecule has 1 aliphatic rings. The minimum Gasteiger partial charge on any atom is -0.455 e. The lowest BCUT2D eigenvalue weighted by molar-refractivity contribution is 0.673. The lowest BCUT2D eigenvalue weighted by Crippen LogP contribution is -2.53. The monoisotopic (exact) mass is 564 g/mol. The van der Waals surface area contributed by atoms with Crippen LogP contribution < -0.4 is 10.9 Å². The molecule has 0 fully saturated rings. The second-order valence-electron chi connectivity index (χ2n) is 12.3. The third kappa shape index (κ3) is 3.07. The second kappa shape index (κ2) is 8.90. The first kappa shape index (κ1) is 24.3. The van der Waals surface area contributed by atoms with E-state index in [1.54, 1.807) is 0 Å². The molecule has 9 aromatic rings. The summed E-state index contributed by atoms with van der Waals surface area (Å²) >= 11 is 0.